The van der Waals surface area contributed by atoms with E-state index in [1.807, 2.05) is 48.5 Å². The Bertz CT molecular complexity index is 826. The van der Waals surface area contributed by atoms with E-state index in [1.54, 1.807) is 12.1 Å². The molecule has 5 heteroatoms. The Morgan fingerprint density at radius 1 is 0.846 bits per heavy atom. The summed E-state index contributed by atoms with van der Waals surface area (Å²) in [6.07, 6.45) is 0.563. The lowest BCUT2D eigenvalue weighted by molar-refractivity contribution is -0.385. The molecule has 0 saturated carbocycles. The molecule has 0 fully saturated rings. The Morgan fingerprint density at radius 3 is 2.08 bits per heavy atom. The molecular formula is C21H21ClN2O2. The topological polar surface area (TPSA) is 55.2 Å². The molecule has 0 aliphatic heterocycles. The lowest BCUT2D eigenvalue weighted by Crippen LogP contribution is -2.23. The van der Waals surface area contributed by atoms with Crippen LogP contribution in [0.3, 0.4) is 0 Å². The molecule has 0 radical (unpaired) electrons. The summed E-state index contributed by atoms with van der Waals surface area (Å²) in [4.78, 5) is 11.0. The number of nitro groups is 1. The first-order valence-electron chi connectivity index (χ1n) is 8.28. The van der Waals surface area contributed by atoms with Gasteiger partial charge in [0.2, 0.25) is 0 Å². The maximum atomic E-state index is 11.3. The molecule has 0 aromatic heterocycles. The second-order valence-corrected chi connectivity index (χ2v) is 5.92. The smallest absolute Gasteiger partial charge is 0.272 e. The fourth-order valence-corrected chi connectivity index (χ4v) is 2.91. The van der Waals surface area contributed by atoms with Crippen LogP contribution in [0.5, 0.6) is 0 Å². The van der Waals surface area contributed by atoms with Crippen LogP contribution in [-0.4, -0.2) is 4.92 Å². The van der Waals surface area contributed by atoms with Crippen molar-refractivity contribution in [3.05, 3.63) is 112 Å². The van der Waals surface area contributed by atoms with Crippen molar-refractivity contribution in [2.45, 2.75) is 19.0 Å². The number of hydrogen-bond donors (Lipinski definition) is 1. The maximum absolute atomic E-state index is 11.3. The number of nitrogens with one attached hydrogen (secondary N) is 1. The van der Waals surface area contributed by atoms with E-state index >= 15 is 0 Å². The first kappa shape index (κ1) is 19.6. The van der Waals surface area contributed by atoms with Crippen LogP contribution in [-0.2, 0) is 13.0 Å². The van der Waals surface area contributed by atoms with Crippen molar-refractivity contribution in [2.75, 3.05) is 0 Å². The highest BCUT2D eigenvalue weighted by Gasteiger charge is 2.18. The maximum Gasteiger partial charge on any atom is 0.272 e. The molecule has 4 nitrogen and oxygen atoms in total. The molecule has 0 saturated heterocycles. The summed E-state index contributed by atoms with van der Waals surface area (Å²) < 4.78 is 0. The van der Waals surface area contributed by atoms with Gasteiger partial charge in [-0.15, -0.1) is 12.4 Å². The number of para-hydroxylation sites is 1. The molecule has 0 spiro atoms. The number of nitrogens with zero attached hydrogens (tertiary/aromatic N) is 1. The van der Waals surface area contributed by atoms with Gasteiger partial charge < -0.3 is 5.32 Å². The molecule has 0 aliphatic carbocycles. The first-order chi connectivity index (χ1) is 12.2. The van der Waals surface area contributed by atoms with E-state index in [9.17, 15) is 10.1 Å². The molecule has 26 heavy (non-hydrogen) atoms. The zero-order valence-electron chi connectivity index (χ0n) is 14.2. The van der Waals surface area contributed by atoms with Crippen LogP contribution in [0, 0.1) is 10.1 Å². The van der Waals surface area contributed by atoms with E-state index in [4.69, 9.17) is 0 Å². The van der Waals surface area contributed by atoms with E-state index in [0.717, 1.165) is 11.1 Å². The normalized spacial score (nSPS) is 11.4. The predicted octanol–water partition coefficient (Wildman–Crippen LogP) is 5.09. The lowest BCUT2D eigenvalue weighted by Gasteiger charge is -2.19. The van der Waals surface area contributed by atoms with Gasteiger partial charge in [-0.3, -0.25) is 10.1 Å². The van der Waals surface area contributed by atoms with Crippen LogP contribution in [0.25, 0.3) is 0 Å². The van der Waals surface area contributed by atoms with Crippen molar-refractivity contribution in [3.8, 4) is 0 Å². The average molecular weight is 369 g/mol. The second-order valence-electron chi connectivity index (χ2n) is 5.92. The quantitative estimate of drug-likeness (QED) is 0.466. The lowest BCUT2D eigenvalue weighted by atomic mass is 9.97. The van der Waals surface area contributed by atoms with Crippen LogP contribution in [0.15, 0.2) is 84.9 Å². The number of benzene rings is 3. The minimum Gasteiger partial charge on any atom is -0.306 e. The number of halogens is 1. The monoisotopic (exact) mass is 368 g/mol. The molecule has 3 aromatic carbocycles. The van der Waals surface area contributed by atoms with Crippen LogP contribution in [0.4, 0.5) is 5.69 Å². The molecule has 0 amide bonds. The van der Waals surface area contributed by atoms with Gasteiger partial charge in [-0.05, 0) is 17.5 Å². The summed E-state index contributed by atoms with van der Waals surface area (Å²) in [5.41, 5.74) is 3.22. The highest BCUT2D eigenvalue weighted by atomic mass is 35.5. The van der Waals surface area contributed by atoms with E-state index < -0.39 is 0 Å². The molecule has 134 valence electrons. The molecule has 0 bridgehead atoms. The Balaban J connectivity index is 0.00000243. The average Bonchev–Trinajstić information content (AvgIpc) is 2.67. The highest BCUT2D eigenvalue weighted by molar-refractivity contribution is 5.85. The largest absolute Gasteiger partial charge is 0.306 e. The minimum absolute atomic E-state index is 0. The van der Waals surface area contributed by atoms with Crippen molar-refractivity contribution in [3.63, 3.8) is 0 Å². The Labute approximate surface area is 159 Å². The summed E-state index contributed by atoms with van der Waals surface area (Å²) in [7, 11) is 0. The van der Waals surface area contributed by atoms with Crippen LogP contribution in [0.1, 0.15) is 22.7 Å². The molecule has 1 unspecified atom stereocenters. The molecule has 3 aromatic rings. The Morgan fingerprint density at radius 2 is 1.42 bits per heavy atom. The SMILES string of the molecule is Cl.O=[N+]([O-])c1ccccc1CC(NCc1ccccc1)c1ccccc1. The van der Waals surface area contributed by atoms with Crippen molar-refractivity contribution >= 4 is 18.1 Å². The molecule has 0 aliphatic rings. The predicted molar refractivity (Wildman–Crippen MR) is 107 cm³/mol. The third-order valence-corrected chi connectivity index (χ3v) is 4.21. The van der Waals surface area contributed by atoms with Gasteiger partial charge in [-0.1, -0.05) is 78.9 Å². The van der Waals surface area contributed by atoms with Gasteiger partial charge in [0.25, 0.3) is 5.69 Å². The summed E-state index contributed by atoms with van der Waals surface area (Å²) >= 11 is 0. The number of nitro benzene ring substituents is 1. The van der Waals surface area contributed by atoms with Crippen molar-refractivity contribution < 1.29 is 4.92 Å². The summed E-state index contributed by atoms with van der Waals surface area (Å²) in [6.45, 7) is 0.709. The van der Waals surface area contributed by atoms with E-state index in [2.05, 4.69) is 29.6 Å². The third kappa shape index (κ3) is 5.15. The number of rotatable bonds is 7. The number of hydrogen-bond acceptors (Lipinski definition) is 3. The fourth-order valence-electron chi connectivity index (χ4n) is 2.91. The fraction of sp³-hybridized carbons (Fsp3) is 0.143. The van der Waals surface area contributed by atoms with Gasteiger partial charge in [0.1, 0.15) is 0 Å². The van der Waals surface area contributed by atoms with Crippen LogP contribution in [0.2, 0.25) is 0 Å². The summed E-state index contributed by atoms with van der Waals surface area (Å²) in [5.74, 6) is 0. The molecule has 0 heterocycles. The van der Waals surface area contributed by atoms with Gasteiger partial charge in [0.05, 0.1) is 4.92 Å². The minimum atomic E-state index is -0.311. The van der Waals surface area contributed by atoms with Crippen molar-refractivity contribution in [1.82, 2.24) is 5.32 Å². The first-order valence-corrected chi connectivity index (χ1v) is 8.28. The van der Waals surface area contributed by atoms with Gasteiger partial charge in [0.15, 0.2) is 0 Å². The second kappa shape index (κ2) is 9.70. The van der Waals surface area contributed by atoms with Gasteiger partial charge in [-0.2, -0.15) is 0 Å². The van der Waals surface area contributed by atoms with Crippen molar-refractivity contribution in [2.24, 2.45) is 0 Å². The summed E-state index contributed by atoms with van der Waals surface area (Å²) in [5, 5.41) is 14.8. The van der Waals surface area contributed by atoms with E-state index in [1.165, 1.54) is 5.56 Å². The summed E-state index contributed by atoms with van der Waals surface area (Å²) in [6, 6.07) is 27.2. The van der Waals surface area contributed by atoms with Gasteiger partial charge >= 0.3 is 0 Å². The standard InChI is InChI=1S/C21H20N2O2.ClH/c24-23(25)21-14-8-7-13-19(21)15-20(18-11-5-2-6-12-18)22-16-17-9-3-1-4-10-17;/h1-14,20,22H,15-16H2;1H. The zero-order valence-corrected chi connectivity index (χ0v) is 15.1. The molecule has 1 N–H and O–H groups in total. The molecule has 3 rings (SSSR count). The zero-order chi connectivity index (χ0) is 17.5. The van der Waals surface area contributed by atoms with E-state index in [0.29, 0.717) is 13.0 Å². The Hall–Kier alpha value is -2.69. The van der Waals surface area contributed by atoms with Crippen LogP contribution >= 0.6 is 12.4 Å². The van der Waals surface area contributed by atoms with Crippen molar-refractivity contribution in [1.29, 1.82) is 0 Å². The Kier molecular flexibility index (Phi) is 7.33. The van der Waals surface area contributed by atoms with Crippen LogP contribution < -0.4 is 5.32 Å². The highest BCUT2D eigenvalue weighted by Crippen LogP contribution is 2.25. The molecule has 1 atom stereocenters. The van der Waals surface area contributed by atoms with Gasteiger partial charge in [0, 0.05) is 24.2 Å². The third-order valence-electron chi connectivity index (χ3n) is 4.21. The van der Waals surface area contributed by atoms with E-state index in [-0.39, 0.29) is 29.1 Å². The van der Waals surface area contributed by atoms with Gasteiger partial charge in [-0.25, -0.2) is 0 Å². The molecular weight excluding hydrogens is 348 g/mol.